The van der Waals surface area contributed by atoms with Crippen LogP contribution in [0.5, 0.6) is 0 Å². The molecule has 0 saturated carbocycles. The molecule has 0 aromatic carbocycles. The Morgan fingerprint density at radius 3 is 2.33 bits per heavy atom. The second kappa shape index (κ2) is 2.94. The summed E-state index contributed by atoms with van der Waals surface area (Å²) in [6, 6.07) is 2.16. The summed E-state index contributed by atoms with van der Waals surface area (Å²) in [5.74, 6) is 0. The number of nitrogens with zero attached hydrogens (tertiary/aromatic N) is 1. The van der Waals surface area contributed by atoms with Crippen LogP contribution in [-0.2, 0) is 13.2 Å². The van der Waals surface area contributed by atoms with Gasteiger partial charge >= 0.3 is 6.18 Å². The lowest BCUT2D eigenvalue weighted by Gasteiger charge is -2.02. The fourth-order valence-corrected chi connectivity index (χ4v) is 1.08. The van der Waals surface area contributed by atoms with E-state index in [1.54, 1.807) is 0 Å². The highest BCUT2D eigenvalue weighted by atomic mass is 35.5. The molecule has 0 N–H and O–H groups in total. The third kappa shape index (κ3) is 1.88. The molecule has 0 saturated heterocycles. The first-order chi connectivity index (χ1) is 5.41. The van der Waals surface area contributed by atoms with Crippen LogP contribution in [-0.4, -0.2) is 0 Å². The predicted molar refractivity (Wildman–Crippen MR) is 37.6 cm³/mol. The van der Waals surface area contributed by atoms with Crippen LogP contribution in [0.1, 0.15) is 5.69 Å². The molecule has 1 aromatic rings. The number of halogens is 4. The van der Waals surface area contributed by atoms with E-state index in [4.69, 9.17) is 11.6 Å². The first kappa shape index (κ1) is 9.32. The number of alkyl halides is 3. The highest BCUT2D eigenvalue weighted by Crippen LogP contribution is 2.26. The van der Waals surface area contributed by atoms with Gasteiger partial charge in [0, 0.05) is 6.07 Å². The van der Waals surface area contributed by atoms with E-state index in [1.165, 1.54) is 19.3 Å². The highest BCUT2D eigenvalue weighted by Gasteiger charge is 2.39. The number of aromatic nitrogens is 1. The third-order valence-electron chi connectivity index (χ3n) is 1.39. The van der Waals surface area contributed by atoms with Gasteiger partial charge in [-0.1, -0.05) is 11.6 Å². The number of hydrogen-bond donors (Lipinski definition) is 0. The van der Waals surface area contributed by atoms with Gasteiger partial charge in [-0.3, -0.25) is 0 Å². The molecule has 0 aliphatic rings. The fourth-order valence-electron chi connectivity index (χ4n) is 0.868. The van der Waals surface area contributed by atoms with Crippen LogP contribution in [0.3, 0.4) is 0 Å². The summed E-state index contributed by atoms with van der Waals surface area (Å²) in [7, 11) is 1.30. The summed E-state index contributed by atoms with van der Waals surface area (Å²) in [5, 5.41) is 0.283. The van der Waals surface area contributed by atoms with Gasteiger partial charge in [-0.15, -0.1) is 0 Å². The SMILES string of the molecule is C[n+]1cc(Cl)ccc1C(F)(F)F. The Balaban J connectivity index is 3.19. The van der Waals surface area contributed by atoms with Crippen LogP contribution in [0.2, 0.25) is 5.02 Å². The van der Waals surface area contributed by atoms with E-state index >= 15 is 0 Å². The molecule has 0 radical (unpaired) electrons. The zero-order chi connectivity index (χ0) is 9.35. The smallest absolute Gasteiger partial charge is 0.196 e. The molecule has 0 spiro atoms. The van der Waals surface area contributed by atoms with Crippen molar-refractivity contribution in [2.75, 3.05) is 0 Å². The Morgan fingerprint density at radius 1 is 1.33 bits per heavy atom. The minimum absolute atomic E-state index is 0.283. The van der Waals surface area contributed by atoms with Gasteiger partial charge in [0.2, 0.25) is 0 Å². The summed E-state index contributed by atoms with van der Waals surface area (Å²) in [6.07, 6.45) is -3.11. The lowest BCUT2D eigenvalue weighted by molar-refractivity contribution is -0.691. The van der Waals surface area contributed by atoms with Gasteiger partial charge in [-0.2, -0.15) is 17.7 Å². The van der Waals surface area contributed by atoms with Crippen LogP contribution in [0.25, 0.3) is 0 Å². The minimum atomic E-state index is -4.32. The summed E-state index contributed by atoms with van der Waals surface area (Å²) >= 11 is 5.48. The van der Waals surface area contributed by atoms with Gasteiger partial charge in [0.25, 0.3) is 5.69 Å². The predicted octanol–water partition coefficient (Wildman–Crippen LogP) is 2.18. The number of rotatable bonds is 0. The zero-order valence-electron chi connectivity index (χ0n) is 6.19. The fraction of sp³-hybridized carbons (Fsp3) is 0.286. The molecule has 0 unspecified atom stereocenters. The van der Waals surface area contributed by atoms with Crippen molar-refractivity contribution < 1.29 is 17.7 Å². The molecule has 1 nitrogen and oxygen atoms in total. The average Bonchev–Trinajstić information content (AvgIpc) is 1.83. The van der Waals surface area contributed by atoms with Crippen LogP contribution in [0.4, 0.5) is 13.2 Å². The normalized spacial score (nSPS) is 11.8. The Morgan fingerprint density at radius 2 is 1.92 bits per heavy atom. The second-order valence-corrected chi connectivity index (χ2v) is 2.78. The number of hydrogen-bond acceptors (Lipinski definition) is 0. The average molecular weight is 197 g/mol. The molecular weight excluding hydrogens is 191 g/mol. The van der Waals surface area contributed by atoms with E-state index in [2.05, 4.69) is 0 Å². The summed E-state index contributed by atoms with van der Waals surface area (Å²) in [5.41, 5.74) is -0.716. The highest BCUT2D eigenvalue weighted by molar-refractivity contribution is 6.30. The number of pyridine rings is 1. The lowest BCUT2D eigenvalue weighted by atomic mass is 10.3. The summed E-state index contributed by atoms with van der Waals surface area (Å²) in [4.78, 5) is 0. The van der Waals surface area contributed by atoms with E-state index in [0.29, 0.717) is 0 Å². The third-order valence-corrected chi connectivity index (χ3v) is 1.61. The van der Waals surface area contributed by atoms with Crippen molar-refractivity contribution in [3.05, 3.63) is 29.0 Å². The van der Waals surface area contributed by atoms with Gasteiger partial charge in [0.05, 0.1) is 0 Å². The lowest BCUT2D eigenvalue weighted by Crippen LogP contribution is -2.37. The summed E-state index contributed by atoms with van der Waals surface area (Å²) < 4.78 is 37.3. The van der Waals surface area contributed by atoms with Crippen molar-refractivity contribution in [3.8, 4) is 0 Å². The molecule has 0 bridgehead atoms. The molecule has 1 heterocycles. The van der Waals surface area contributed by atoms with Gasteiger partial charge < -0.3 is 0 Å². The maximum atomic E-state index is 12.1. The zero-order valence-corrected chi connectivity index (χ0v) is 6.95. The van der Waals surface area contributed by atoms with E-state index in [9.17, 15) is 13.2 Å². The van der Waals surface area contributed by atoms with E-state index in [0.717, 1.165) is 10.6 Å². The first-order valence-corrected chi connectivity index (χ1v) is 3.51. The van der Waals surface area contributed by atoms with Crippen LogP contribution < -0.4 is 4.57 Å². The van der Waals surface area contributed by atoms with Crippen molar-refractivity contribution >= 4 is 11.6 Å². The second-order valence-electron chi connectivity index (χ2n) is 2.34. The Hall–Kier alpha value is -0.770. The molecular formula is C7H6ClF3N+. The van der Waals surface area contributed by atoms with Crippen molar-refractivity contribution in [1.82, 2.24) is 0 Å². The van der Waals surface area contributed by atoms with Crippen molar-refractivity contribution in [2.24, 2.45) is 7.05 Å². The molecule has 0 amide bonds. The monoisotopic (exact) mass is 196 g/mol. The largest absolute Gasteiger partial charge is 0.477 e. The first-order valence-electron chi connectivity index (χ1n) is 3.13. The van der Waals surface area contributed by atoms with E-state index in [1.807, 2.05) is 0 Å². The molecule has 66 valence electrons. The van der Waals surface area contributed by atoms with Crippen molar-refractivity contribution in [1.29, 1.82) is 0 Å². The molecule has 1 rings (SSSR count). The molecule has 0 aliphatic heterocycles. The quantitative estimate of drug-likeness (QED) is 0.560. The van der Waals surface area contributed by atoms with E-state index in [-0.39, 0.29) is 5.02 Å². The van der Waals surface area contributed by atoms with Crippen molar-refractivity contribution in [3.63, 3.8) is 0 Å². The maximum Gasteiger partial charge on any atom is 0.477 e. The maximum absolute atomic E-state index is 12.1. The van der Waals surface area contributed by atoms with Crippen LogP contribution in [0.15, 0.2) is 18.3 Å². The van der Waals surface area contributed by atoms with Gasteiger partial charge in [-0.25, -0.2) is 0 Å². The Kier molecular flexibility index (Phi) is 2.28. The standard InChI is InChI=1S/C7H6ClF3N/c1-12-4-5(8)2-3-6(12)7(9,10)11/h2-4H,1H3/q+1. The number of aryl methyl sites for hydroxylation is 1. The molecule has 5 heteroatoms. The minimum Gasteiger partial charge on any atom is -0.196 e. The molecule has 12 heavy (non-hydrogen) atoms. The summed E-state index contributed by atoms with van der Waals surface area (Å²) in [6.45, 7) is 0. The van der Waals surface area contributed by atoms with Gasteiger partial charge in [0.15, 0.2) is 6.20 Å². The molecule has 0 atom stereocenters. The Labute approximate surface area is 72.4 Å². The molecule has 0 fully saturated rings. The molecule has 0 aliphatic carbocycles. The van der Waals surface area contributed by atoms with Crippen LogP contribution in [0, 0.1) is 0 Å². The molecule has 1 aromatic heterocycles. The topological polar surface area (TPSA) is 3.88 Å². The van der Waals surface area contributed by atoms with Gasteiger partial charge in [-0.05, 0) is 6.07 Å². The van der Waals surface area contributed by atoms with Crippen molar-refractivity contribution in [2.45, 2.75) is 6.18 Å². The van der Waals surface area contributed by atoms with E-state index < -0.39 is 11.9 Å². The Bertz CT molecular complexity index is 295. The van der Waals surface area contributed by atoms with Crippen LogP contribution >= 0.6 is 11.6 Å². The van der Waals surface area contributed by atoms with Gasteiger partial charge in [0.1, 0.15) is 12.1 Å².